The molecule has 20 valence electrons. The first-order chi connectivity index (χ1) is 1.91. The molecule has 0 aromatic rings. The van der Waals surface area contributed by atoms with E-state index in [0.717, 1.165) is 0 Å². The average molecular weight is 54.1 g/mol. The van der Waals surface area contributed by atoms with Crippen LogP contribution in [0.3, 0.4) is 0 Å². The molecule has 0 amide bonds. The molecule has 0 unspecified atom stereocenters. The second kappa shape index (κ2) is 2.52. The SMILES string of the molecule is [CH2+]C=[C+]C. The van der Waals surface area contributed by atoms with Crippen molar-refractivity contribution in [1.82, 2.24) is 0 Å². The van der Waals surface area contributed by atoms with Crippen LogP contribution in [0.15, 0.2) is 6.08 Å². The lowest BCUT2D eigenvalue weighted by Gasteiger charge is -1.17. The van der Waals surface area contributed by atoms with Gasteiger partial charge in [0, 0.05) is 0 Å². The van der Waals surface area contributed by atoms with E-state index in [2.05, 4.69) is 13.0 Å². The van der Waals surface area contributed by atoms with E-state index >= 15 is 0 Å². The molecule has 0 fully saturated rings. The van der Waals surface area contributed by atoms with Crippen LogP contribution in [0.5, 0.6) is 0 Å². The van der Waals surface area contributed by atoms with Gasteiger partial charge in [0.1, 0.15) is 6.92 Å². The average Bonchev–Trinajstić information content (AvgIpc) is 1.37. The van der Waals surface area contributed by atoms with Gasteiger partial charge < -0.3 is 0 Å². The summed E-state index contributed by atoms with van der Waals surface area (Å²) in [6, 6.07) is 0. The van der Waals surface area contributed by atoms with E-state index in [1.807, 2.05) is 6.92 Å². The van der Waals surface area contributed by atoms with E-state index in [9.17, 15) is 0 Å². The molecule has 0 saturated heterocycles. The molecule has 0 aliphatic rings. The second-order valence-corrected chi connectivity index (χ2v) is 0.493. The number of hydrogen-bond donors (Lipinski definition) is 0. The smallest absolute Gasteiger partial charge is 0.145 e. The molecule has 0 aromatic carbocycles. The quantitative estimate of drug-likeness (QED) is 0.364. The van der Waals surface area contributed by atoms with Crippen molar-refractivity contribution in [2.75, 3.05) is 0 Å². The Morgan fingerprint density at radius 2 is 2.25 bits per heavy atom. The molecule has 0 N–H and O–H groups in total. The maximum atomic E-state index is 3.37. The molecule has 0 nitrogen and oxygen atoms in total. The Labute approximate surface area is 27.1 Å². The van der Waals surface area contributed by atoms with Gasteiger partial charge in [-0.3, -0.25) is 0 Å². The lowest BCUT2D eigenvalue weighted by atomic mass is 10.6. The van der Waals surface area contributed by atoms with Crippen LogP contribution in [0.1, 0.15) is 6.92 Å². The summed E-state index contributed by atoms with van der Waals surface area (Å²) < 4.78 is 0. The number of rotatable bonds is 0. The van der Waals surface area contributed by atoms with Crippen LogP contribution < -0.4 is 0 Å². The standard InChI is InChI=1S/C4H6/c1-3-4-2/h3H,1H2,2H3/q+2. The molecule has 0 aliphatic heterocycles. The molecule has 0 spiro atoms. The van der Waals surface area contributed by atoms with Gasteiger partial charge in [-0.2, -0.15) is 0 Å². The summed E-state index contributed by atoms with van der Waals surface area (Å²) in [5.41, 5.74) is 0. The van der Waals surface area contributed by atoms with Crippen LogP contribution in [0.25, 0.3) is 0 Å². The minimum absolute atomic E-state index is 1.62. The second-order valence-electron chi connectivity index (χ2n) is 0.493. The Hall–Kier alpha value is -0.480. The van der Waals surface area contributed by atoms with Gasteiger partial charge >= 0.3 is 6.08 Å². The van der Waals surface area contributed by atoms with Gasteiger partial charge in [-0.25, -0.2) is 0 Å². The Balaban J connectivity index is 2.55. The fraction of sp³-hybridized carbons (Fsp3) is 0.250. The van der Waals surface area contributed by atoms with Gasteiger partial charge in [-0.15, -0.1) is 0 Å². The molecule has 4 heavy (non-hydrogen) atoms. The molecule has 0 radical (unpaired) electrons. The Bertz CT molecular complexity index is 15.2. The number of allylic oxidation sites excluding steroid dienone is 2. The summed E-state index contributed by atoms with van der Waals surface area (Å²) in [7, 11) is 0. The van der Waals surface area contributed by atoms with E-state index in [4.69, 9.17) is 0 Å². The third-order valence-corrected chi connectivity index (χ3v) is 0.204. The summed E-state index contributed by atoms with van der Waals surface area (Å²) in [4.78, 5) is 0. The Kier molecular flexibility index (Phi) is 2.22. The first-order valence-corrected chi connectivity index (χ1v) is 1.20. The van der Waals surface area contributed by atoms with Crippen molar-refractivity contribution < 1.29 is 0 Å². The molecule has 0 atom stereocenters. The van der Waals surface area contributed by atoms with Crippen LogP contribution in [-0.2, 0) is 0 Å². The van der Waals surface area contributed by atoms with Crippen molar-refractivity contribution in [3.8, 4) is 0 Å². The van der Waals surface area contributed by atoms with Gasteiger partial charge in [0.15, 0.2) is 6.92 Å². The van der Waals surface area contributed by atoms with Crippen LogP contribution in [0.2, 0.25) is 0 Å². The summed E-state index contributed by atoms with van der Waals surface area (Å²) >= 11 is 0. The van der Waals surface area contributed by atoms with Gasteiger partial charge in [-0.05, 0) is 0 Å². The highest BCUT2D eigenvalue weighted by molar-refractivity contribution is 4.70. The molecule has 0 aromatic heterocycles. The summed E-state index contributed by atoms with van der Waals surface area (Å²) in [5, 5.41) is 0. The highest BCUT2D eigenvalue weighted by Crippen LogP contribution is 1.53. The van der Waals surface area contributed by atoms with Crippen molar-refractivity contribution in [1.29, 1.82) is 0 Å². The molecular weight excluding hydrogens is 48.0 g/mol. The zero-order chi connectivity index (χ0) is 3.41. The predicted octanol–water partition coefficient (Wildman–Crippen LogP) is 1.20. The van der Waals surface area contributed by atoms with Gasteiger partial charge in [-0.1, -0.05) is 0 Å². The zero-order valence-corrected chi connectivity index (χ0v) is 2.78. The third-order valence-electron chi connectivity index (χ3n) is 0.204. The highest BCUT2D eigenvalue weighted by atomic mass is 13.4. The fourth-order valence-electron chi connectivity index (χ4n) is 0. The predicted molar refractivity (Wildman–Crippen MR) is 18.8 cm³/mol. The molecule has 0 aliphatic carbocycles. The highest BCUT2D eigenvalue weighted by Gasteiger charge is 1.66. The minimum atomic E-state index is 1.62. The maximum Gasteiger partial charge on any atom is 0.321 e. The molecule has 0 heterocycles. The van der Waals surface area contributed by atoms with E-state index in [0.29, 0.717) is 0 Å². The molecular formula is C4H6+2. The molecule has 0 heteroatoms. The van der Waals surface area contributed by atoms with Crippen molar-refractivity contribution in [3.05, 3.63) is 19.1 Å². The largest absolute Gasteiger partial charge is 0.321 e. The summed E-state index contributed by atoms with van der Waals surface area (Å²) in [6.07, 6.45) is 4.32. The summed E-state index contributed by atoms with van der Waals surface area (Å²) in [6.45, 7) is 5.18. The van der Waals surface area contributed by atoms with Crippen LogP contribution >= 0.6 is 0 Å². The van der Waals surface area contributed by atoms with Gasteiger partial charge in [0.25, 0.3) is 6.08 Å². The van der Waals surface area contributed by atoms with E-state index in [-0.39, 0.29) is 0 Å². The van der Waals surface area contributed by atoms with Gasteiger partial charge in [0.05, 0.1) is 0 Å². The van der Waals surface area contributed by atoms with E-state index in [1.54, 1.807) is 6.08 Å². The maximum absolute atomic E-state index is 3.37. The monoisotopic (exact) mass is 54.0 g/mol. The Morgan fingerprint density at radius 1 is 2.00 bits per heavy atom. The molecule has 0 rings (SSSR count). The molecule has 0 saturated carbocycles. The third kappa shape index (κ3) is 1.52. The Morgan fingerprint density at radius 3 is 2.25 bits per heavy atom. The first-order valence-electron chi connectivity index (χ1n) is 1.20. The van der Waals surface area contributed by atoms with Crippen molar-refractivity contribution in [2.24, 2.45) is 0 Å². The van der Waals surface area contributed by atoms with Gasteiger partial charge in [0.2, 0.25) is 0 Å². The van der Waals surface area contributed by atoms with Crippen LogP contribution in [0, 0.1) is 13.0 Å². The van der Waals surface area contributed by atoms with E-state index in [1.165, 1.54) is 0 Å². The van der Waals surface area contributed by atoms with E-state index < -0.39 is 0 Å². The lowest BCUT2D eigenvalue weighted by molar-refractivity contribution is 1.66. The summed E-state index contributed by atoms with van der Waals surface area (Å²) in [5.74, 6) is 0. The first kappa shape index (κ1) is 3.52. The minimum Gasteiger partial charge on any atom is 0.145 e. The van der Waals surface area contributed by atoms with Crippen LogP contribution in [-0.4, -0.2) is 0 Å². The van der Waals surface area contributed by atoms with Crippen molar-refractivity contribution >= 4 is 0 Å². The van der Waals surface area contributed by atoms with Crippen molar-refractivity contribution in [2.45, 2.75) is 6.92 Å². The van der Waals surface area contributed by atoms with Crippen molar-refractivity contribution in [3.63, 3.8) is 0 Å². The number of hydrogen-bond acceptors (Lipinski definition) is 0. The molecule has 0 bridgehead atoms. The topological polar surface area (TPSA) is 0 Å². The normalized spacial score (nSPS) is 7.25. The zero-order valence-electron chi connectivity index (χ0n) is 2.78. The lowest BCUT2D eigenvalue weighted by Crippen LogP contribution is -1.30. The van der Waals surface area contributed by atoms with Crippen LogP contribution in [0.4, 0.5) is 0 Å². The fourth-order valence-corrected chi connectivity index (χ4v) is 0.